The number of nitrogens with two attached hydrogens (primary N) is 1. The lowest BCUT2D eigenvalue weighted by atomic mass is 10.2. The first-order chi connectivity index (χ1) is 8.24. The minimum atomic E-state index is 0.429. The van der Waals surface area contributed by atoms with Gasteiger partial charge in [-0.25, -0.2) is 4.98 Å². The predicted molar refractivity (Wildman–Crippen MR) is 70.8 cm³/mol. The zero-order valence-electron chi connectivity index (χ0n) is 9.53. The van der Waals surface area contributed by atoms with Gasteiger partial charge in [-0.2, -0.15) is 0 Å². The van der Waals surface area contributed by atoms with E-state index in [0.29, 0.717) is 13.2 Å². The van der Waals surface area contributed by atoms with Crippen molar-refractivity contribution in [3.8, 4) is 17.1 Å². The van der Waals surface area contributed by atoms with Crippen molar-refractivity contribution in [2.75, 3.05) is 6.61 Å². The van der Waals surface area contributed by atoms with Gasteiger partial charge in [0.15, 0.2) is 0 Å². The molecule has 0 fully saturated rings. The molecule has 1 aromatic heterocycles. The van der Waals surface area contributed by atoms with Crippen LogP contribution in [0.2, 0.25) is 0 Å². The Morgan fingerprint density at radius 3 is 2.94 bits per heavy atom. The summed E-state index contributed by atoms with van der Waals surface area (Å²) in [4.78, 5) is 7.56. The van der Waals surface area contributed by atoms with Crippen LogP contribution < -0.4 is 10.5 Å². The maximum absolute atomic E-state index is 5.59. The van der Waals surface area contributed by atoms with Crippen molar-refractivity contribution in [3.05, 3.63) is 34.6 Å². The third-order valence-electron chi connectivity index (χ3n) is 2.35. The molecule has 5 heteroatoms. The number of nitrogens with one attached hydrogen (secondary N) is 1. The van der Waals surface area contributed by atoms with Gasteiger partial charge in [0.2, 0.25) is 0 Å². The van der Waals surface area contributed by atoms with E-state index < -0.39 is 0 Å². The highest BCUT2D eigenvalue weighted by molar-refractivity contribution is 9.10. The van der Waals surface area contributed by atoms with E-state index in [-0.39, 0.29) is 0 Å². The molecule has 0 saturated carbocycles. The number of rotatable bonds is 4. The van der Waals surface area contributed by atoms with Crippen LogP contribution in [0.15, 0.2) is 28.9 Å². The monoisotopic (exact) mass is 295 g/mol. The van der Waals surface area contributed by atoms with Gasteiger partial charge in [-0.3, -0.25) is 0 Å². The molecule has 90 valence electrons. The van der Waals surface area contributed by atoms with Crippen LogP contribution in [0.5, 0.6) is 5.75 Å². The zero-order valence-corrected chi connectivity index (χ0v) is 11.1. The second kappa shape index (κ2) is 5.33. The molecule has 0 aliphatic carbocycles. The molecule has 0 aliphatic heterocycles. The number of ether oxygens (including phenoxy) is 1. The lowest BCUT2D eigenvalue weighted by Gasteiger charge is -2.04. The predicted octanol–water partition coefficient (Wildman–Crippen LogP) is 2.70. The molecule has 17 heavy (non-hydrogen) atoms. The molecule has 0 amide bonds. The highest BCUT2D eigenvalue weighted by Gasteiger charge is 2.08. The fourth-order valence-corrected chi connectivity index (χ4v) is 2.00. The molecule has 0 bridgehead atoms. The fourth-order valence-electron chi connectivity index (χ4n) is 1.56. The molecule has 1 heterocycles. The number of hydrogen-bond donors (Lipinski definition) is 2. The number of halogens is 1. The first-order valence-electron chi connectivity index (χ1n) is 5.42. The third kappa shape index (κ3) is 2.68. The average molecular weight is 296 g/mol. The van der Waals surface area contributed by atoms with Crippen molar-refractivity contribution in [2.24, 2.45) is 5.73 Å². The van der Waals surface area contributed by atoms with Crippen LogP contribution in [0.4, 0.5) is 0 Å². The number of imidazole rings is 1. The smallest absolute Gasteiger partial charge is 0.139 e. The zero-order chi connectivity index (χ0) is 12.3. The van der Waals surface area contributed by atoms with E-state index in [9.17, 15) is 0 Å². The van der Waals surface area contributed by atoms with E-state index >= 15 is 0 Å². The average Bonchev–Trinajstić information content (AvgIpc) is 2.71. The molecule has 0 aliphatic rings. The number of benzene rings is 1. The number of H-pyrrole nitrogens is 1. The summed E-state index contributed by atoms with van der Waals surface area (Å²) in [7, 11) is 0. The number of aromatic nitrogens is 2. The maximum Gasteiger partial charge on any atom is 0.139 e. The van der Waals surface area contributed by atoms with E-state index in [1.807, 2.05) is 31.2 Å². The Labute approximate surface area is 108 Å². The fraction of sp³-hybridized carbons (Fsp3) is 0.250. The summed E-state index contributed by atoms with van der Waals surface area (Å²) in [6.45, 7) is 3.04. The van der Waals surface area contributed by atoms with Gasteiger partial charge in [0.25, 0.3) is 0 Å². The number of hydrogen-bond acceptors (Lipinski definition) is 3. The molecule has 0 unspecified atom stereocenters. The minimum absolute atomic E-state index is 0.429. The Hall–Kier alpha value is -1.33. The lowest BCUT2D eigenvalue weighted by molar-refractivity contribution is 0.340. The lowest BCUT2D eigenvalue weighted by Crippen LogP contribution is -1.97. The van der Waals surface area contributed by atoms with Gasteiger partial charge in [-0.05, 0) is 35.0 Å². The molecule has 0 atom stereocenters. The van der Waals surface area contributed by atoms with Crippen LogP contribution in [-0.4, -0.2) is 16.6 Å². The van der Waals surface area contributed by atoms with Crippen LogP contribution >= 0.6 is 15.9 Å². The van der Waals surface area contributed by atoms with Crippen LogP contribution in [-0.2, 0) is 6.54 Å². The number of nitrogens with zero attached hydrogens (tertiary/aromatic N) is 1. The molecule has 0 saturated heterocycles. The first-order valence-corrected chi connectivity index (χ1v) is 6.21. The van der Waals surface area contributed by atoms with Crippen LogP contribution in [0, 0.1) is 0 Å². The molecular weight excluding hydrogens is 282 g/mol. The second-order valence-electron chi connectivity index (χ2n) is 3.52. The summed E-state index contributed by atoms with van der Waals surface area (Å²) >= 11 is 3.37. The molecule has 2 rings (SSSR count). The normalized spacial score (nSPS) is 10.5. The van der Waals surface area contributed by atoms with Gasteiger partial charge < -0.3 is 15.5 Å². The second-order valence-corrected chi connectivity index (χ2v) is 4.27. The molecule has 0 spiro atoms. The van der Waals surface area contributed by atoms with Gasteiger partial charge in [0, 0.05) is 12.1 Å². The Balaban J connectivity index is 2.34. The molecule has 4 nitrogen and oxygen atoms in total. The van der Waals surface area contributed by atoms with Crippen molar-refractivity contribution in [3.63, 3.8) is 0 Å². The summed E-state index contributed by atoms with van der Waals surface area (Å²) < 4.78 is 6.21. The highest BCUT2D eigenvalue weighted by Crippen LogP contribution is 2.24. The van der Waals surface area contributed by atoms with Crippen molar-refractivity contribution in [2.45, 2.75) is 13.5 Å². The van der Waals surface area contributed by atoms with E-state index in [0.717, 1.165) is 27.4 Å². The van der Waals surface area contributed by atoms with Crippen molar-refractivity contribution < 1.29 is 4.74 Å². The van der Waals surface area contributed by atoms with Crippen LogP contribution in [0.1, 0.15) is 12.6 Å². The van der Waals surface area contributed by atoms with Gasteiger partial charge in [0.1, 0.15) is 16.2 Å². The molecule has 3 N–H and O–H groups in total. The van der Waals surface area contributed by atoms with Gasteiger partial charge in [-0.15, -0.1) is 0 Å². The summed E-state index contributed by atoms with van der Waals surface area (Å²) in [5.74, 6) is 1.63. The Kier molecular flexibility index (Phi) is 3.81. The highest BCUT2D eigenvalue weighted by atomic mass is 79.9. The summed E-state index contributed by atoms with van der Waals surface area (Å²) in [5, 5.41) is 0. The Morgan fingerprint density at radius 1 is 1.47 bits per heavy atom. The van der Waals surface area contributed by atoms with Gasteiger partial charge >= 0.3 is 0 Å². The third-order valence-corrected chi connectivity index (χ3v) is 3.01. The molecule has 2 aromatic rings. The largest absolute Gasteiger partial charge is 0.494 e. The Bertz CT molecular complexity index is 510. The van der Waals surface area contributed by atoms with Crippen molar-refractivity contribution in [1.82, 2.24) is 9.97 Å². The van der Waals surface area contributed by atoms with Crippen molar-refractivity contribution in [1.29, 1.82) is 0 Å². The summed E-state index contributed by atoms with van der Waals surface area (Å²) in [5.41, 5.74) is 7.47. The van der Waals surface area contributed by atoms with Crippen LogP contribution in [0.3, 0.4) is 0 Å². The SMILES string of the molecule is CCOc1cccc(-c2nc(Br)c(CN)[nH]2)c1. The summed E-state index contributed by atoms with van der Waals surface area (Å²) in [6.07, 6.45) is 0. The quantitative estimate of drug-likeness (QED) is 0.911. The standard InChI is InChI=1S/C12H14BrN3O/c1-2-17-9-5-3-4-8(6-9)12-15-10(7-14)11(13)16-12/h3-6H,2,7,14H2,1H3,(H,15,16). The van der Waals surface area contributed by atoms with E-state index in [1.54, 1.807) is 0 Å². The van der Waals surface area contributed by atoms with E-state index in [4.69, 9.17) is 10.5 Å². The minimum Gasteiger partial charge on any atom is -0.494 e. The molecule has 1 aromatic carbocycles. The van der Waals surface area contributed by atoms with Crippen molar-refractivity contribution >= 4 is 15.9 Å². The summed E-state index contributed by atoms with van der Waals surface area (Å²) in [6, 6.07) is 7.80. The van der Waals surface area contributed by atoms with Crippen LogP contribution in [0.25, 0.3) is 11.4 Å². The van der Waals surface area contributed by atoms with Gasteiger partial charge in [0.05, 0.1) is 12.3 Å². The topological polar surface area (TPSA) is 63.9 Å². The Morgan fingerprint density at radius 2 is 2.29 bits per heavy atom. The van der Waals surface area contributed by atoms with Gasteiger partial charge in [-0.1, -0.05) is 12.1 Å². The maximum atomic E-state index is 5.59. The van der Waals surface area contributed by atoms with E-state index in [1.165, 1.54) is 0 Å². The number of aromatic amines is 1. The van der Waals surface area contributed by atoms with E-state index in [2.05, 4.69) is 25.9 Å². The molecule has 0 radical (unpaired) electrons. The first kappa shape index (κ1) is 12.1. The molecular formula is C12H14BrN3O.